The van der Waals surface area contributed by atoms with Crippen molar-refractivity contribution in [3.05, 3.63) is 57.9 Å². The number of nitrogens with zero attached hydrogens (tertiary/aromatic N) is 3. The third-order valence-corrected chi connectivity index (χ3v) is 5.17. The number of rotatable bonds is 6. The molecule has 2 N–H and O–H groups in total. The van der Waals surface area contributed by atoms with E-state index in [-0.39, 0.29) is 23.6 Å². The lowest BCUT2D eigenvalue weighted by molar-refractivity contribution is -0.121. The van der Waals surface area contributed by atoms with Crippen molar-refractivity contribution in [1.82, 2.24) is 14.3 Å². The second-order valence-corrected chi connectivity index (χ2v) is 7.59. The minimum Gasteiger partial charge on any atom is -0.392 e. The first kappa shape index (κ1) is 19.3. The lowest BCUT2D eigenvalue weighted by atomic mass is 10.2. The van der Waals surface area contributed by atoms with Gasteiger partial charge in [-0.3, -0.25) is 18.9 Å². The number of aliphatic hydroxyl groups excluding tert-OH is 1. The fourth-order valence-corrected chi connectivity index (χ4v) is 3.79. The van der Waals surface area contributed by atoms with E-state index in [1.165, 1.54) is 15.4 Å². The minimum absolute atomic E-state index is 0.216. The van der Waals surface area contributed by atoms with Gasteiger partial charge in [-0.2, -0.15) is 0 Å². The zero-order valence-corrected chi connectivity index (χ0v) is 16.2. The summed E-state index contributed by atoms with van der Waals surface area (Å²) in [6, 6.07) is 5.22. The van der Waals surface area contributed by atoms with Crippen molar-refractivity contribution < 1.29 is 9.90 Å². The van der Waals surface area contributed by atoms with Crippen LogP contribution >= 0.6 is 24.0 Å². The standard InChI is InChI=1S/C18H18N4O3S2/c1-3-7-22-17(25)13(27-18(22)26)9-12-15(19-10-11(2)23)20-14-6-4-5-8-21(14)16(12)24/h3-6,8-9,11,19,23H,1,7,10H2,2H3/b13-9-/t11-/m1/s1. The van der Waals surface area contributed by atoms with Crippen LogP contribution in [0.3, 0.4) is 0 Å². The van der Waals surface area contributed by atoms with Crippen LogP contribution < -0.4 is 10.9 Å². The number of carbonyl (C=O) groups excluding carboxylic acids is 1. The third-order valence-electron chi connectivity index (χ3n) is 3.79. The van der Waals surface area contributed by atoms with Gasteiger partial charge in [-0.25, -0.2) is 4.98 Å². The van der Waals surface area contributed by atoms with E-state index in [9.17, 15) is 14.7 Å². The SMILES string of the molecule is C=CCN1C(=O)/C(=C/c2c(NC[C@@H](C)O)nc3ccccn3c2=O)SC1=S. The number of aliphatic hydroxyl groups is 1. The highest BCUT2D eigenvalue weighted by Gasteiger charge is 2.31. The van der Waals surface area contributed by atoms with E-state index in [4.69, 9.17) is 12.2 Å². The monoisotopic (exact) mass is 402 g/mol. The molecule has 3 heterocycles. The van der Waals surface area contributed by atoms with Gasteiger partial charge in [0.05, 0.1) is 16.6 Å². The molecular formula is C18H18N4O3S2. The minimum atomic E-state index is -0.625. The molecule has 9 heteroatoms. The van der Waals surface area contributed by atoms with E-state index in [1.807, 2.05) is 0 Å². The number of thiocarbonyl (C=S) groups is 1. The molecule has 1 amide bonds. The average molecular weight is 403 g/mol. The Kier molecular flexibility index (Phi) is 5.73. The maximum atomic E-state index is 13.0. The van der Waals surface area contributed by atoms with E-state index in [0.29, 0.717) is 27.2 Å². The molecule has 2 aromatic rings. The van der Waals surface area contributed by atoms with Crippen LogP contribution in [0.4, 0.5) is 5.82 Å². The van der Waals surface area contributed by atoms with Crippen molar-refractivity contribution >= 4 is 51.7 Å². The van der Waals surface area contributed by atoms with Crippen molar-refractivity contribution in [2.45, 2.75) is 13.0 Å². The lowest BCUT2D eigenvalue weighted by Crippen LogP contribution is -2.28. The summed E-state index contributed by atoms with van der Waals surface area (Å²) >= 11 is 6.37. The fourth-order valence-electron chi connectivity index (χ4n) is 2.53. The summed E-state index contributed by atoms with van der Waals surface area (Å²) in [6.45, 7) is 5.78. The Labute approximate surface area is 165 Å². The molecule has 0 saturated carbocycles. The van der Waals surface area contributed by atoms with Crippen molar-refractivity contribution in [2.75, 3.05) is 18.4 Å². The van der Waals surface area contributed by atoms with Crippen LogP contribution in [-0.4, -0.2) is 48.8 Å². The summed E-state index contributed by atoms with van der Waals surface area (Å²) < 4.78 is 1.82. The predicted octanol–water partition coefficient (Wildman–Crippen LogP) is 1.87. The number of hydrogen-bond donors (Lipinski definition) is 2. The number of aromatic nitrogens is 2. The molecule has 2 aromatic heterocycles. The number of carbonyl (C=O) groups is 1. The summed E-state index contributed by atoms with van der Waals surface area (Å²) in [4.78, 5) is 31.8. The number of anilines is 1. The molecule has 0 unspecified atom stereocenters. The van der Waals surface area contributed by atoms with Crippen LogP contribution in [0.25, 0.3) is 11.7 Å². The average Bonchev–Trinajstić information content (AvgIpc) is 2.90. The molecule has 1 aliphatic rings. The van der Waals surface area contributed by atoms with Crippen LogP contribution in [-0.2, 0) is 4.79 Å². The van der Waals surface area contributed by atoms with Gasteiger partial charge in [0.1, 0.15) is 15.8 Å². The topological polar surface area (TPSA) is 86.9 Å². The zero-order valence-electron chi connectivity index (χ0n) is 14.6. The van der Waals surface area contributed by atoms with Crippen LogP contribution in [0.5, 0.6) is 0 Å². The molecule has 7 nitrogen and oxygen atoms in total. The molecule has 140 valence electrons. The van der Waals surface area contributed by atoms with Gasteiger partial charge in [-0.1, -0.05) is 36.1 Å². The Hall–Kier alpha value is -2.49. The number of amides is 1. The number of thioether (sulfide) groups is 1. The zero-order chi connectivity index (χ0) is 19.6. The van der Waals surface area contributed by atoms with E-state index in [2.05, 4.69) is 16.9 Å². The van der Waals surface area contributed by atoms with Gasteiger partial charge in [0, 0.05) is 19.3 Å². The van der Waals surface area contributed by atoms with Crippen molar-refractivity contribution in [3.8, 4) is 0 Å². The molecule has 0 aliphatic carbocycles. The molecule has 27 heavy (non-hydrogen) atoms. The van der Waals surface area contributed by atoms with Gasteiger partial charge in [0.15, 0.2) is 0 Å². The van der Waals surface area contributed by atoms with E-state index in [0.717, 1.165) is 11.8 Å². The summed E-state index contributed by atoms with van der Waals surface area (Å²) in [5.74, 6) is 0.0324. The molecule has 1 aliphatic heterocycles. The van der Waals surface area contributed by atoms with Crippen LogP contribution in [0.15, 0.2) is 46.8 Å². The largest absolute Gasteiger partial charge is 0.392 e. The van der Waals surface area contributed by atoms with Gasteiger partial charge in [0.25, 0.3) is 11.5 Å². The maximum absolute atomic E-state index is 13.0. The third kappa shape index (κ3) is 3.95. The summed E-state index contributed by atoms with van der Waals surface area (Å²) in [7, 11) is 0. The Balaban J connectivity index is 2.12. The summed E-state index contributed by atoms with van der Waals surface area (Å²) in [5, 5.41) is 12.5. The molecule has 0 bridgehead atoms. The second-order valence-electron chi connectivity index (χ2n) is 5.92. The molecule has 1 atom stereocenters. The smallest absolute Gasteiger partial charge is 0.267 e. The van der Waals surface area contributed by atoms with E-state index < -0.39 is 6.10 Å². The number of nitrogens with one attached hydrogen (secondary N) is 1. The van der Waals surface area contributed by atoms with Crippen LogP contribution in [0.2, 0.25) is 0 Å². The lowest BCUT2D eigenvalue weighted by Gasteiger charge is -2.12. The van der Waals surface area contributed by atoms with Gasteiger partial charge in [-0.15, -0.1) is 6.58 Å². The molecule has 0 aromatic carbocycles. The molecule has 0 spiro atoms. The van der Waals surface area contributed by atoms with Crippen LogP contribution in [0.1, 0.15) is 12.5 Å². The second kappa shape index (κ2) is 8.03. The highest BCUT2D eigenvalue weighted by atomic mass is 32.2. The highest BCUT2D eigenvalue weighted by Crippen LogP contribution is 2.32. The Morgan fingerprint density at radius 2 is 2.22 bits per heavy atom. The fraction of sp³-hybridized carbons (Fsp3) is 0.222. The Morgan fingerprint density at radius 1 is 1.44 bits per heavy atom. The van der Waals surface area contributed by atoms with Crippen molar-refractivity contribution in [2.24, 2.45) is 0 Å². The first-order valence-electron chi connectivity index (χ1n) is 8.22. The normalized spacial score (nSPS) is 17.0. The number of fused-ring (bicyclic) bond motifs is 1. The van der Waals surface area contributed by atoms with Gasteiger partial charge in [-0.05, 0) is 25.1 Å². The van der Waals surface area contributed by atoms with E-state index >= 15 is 0 Å². The molecule has 3 rings (SSSR count). The van der Waals surface area contributed by atoms with Crippen molar-refractivity contribution in [3.63, 3.8) is 0 Å². The Morgan fingerprint density at radius 3 is 2.93 bits per heavy atom. The highest BCUT2D eigenvalue weighted by molar-refractivity contribution is 8.26. The van der Waals surface area contributed by atoms with E-state index in [1.54, 1.807) is 37.4 Å². The molecule has 1 fully saturated rings. The molecule has 0 radical (unpaired) electrons. The van der Waals surface area contributed by atoms with Crippen LogP contribution in [0, 0.1) is 0 Å². The first-order chi connectivity index (χ1) is 12.9. The summed E-state index contributed by atoms with van der Waals surface area (Å²) in [5.41, 5.74) is 0.382. The number of pyridine rings is 1. The summed E-state index contributed by atoms with van der Waals surface area (Å²) in [6.07, 6.45) is 4.08. The number of hydrogen-bond acceptors (Lipinski definition) is 7. The Bertz CT molecular complexity index is 1010. The maximum Gasteiger partial charge on any atom is 0.267 e. The van der Waals surface area contributed by atoms with Gasteiger partial charge >= 0.3 is 0 Å². The first-order valence-corrected chi connectivity index (χ1v) is 9.44. The quantitative estimate of drug-likeness (QED) is 0.433. The molecule has 1 saturated heterocycles. The predicted molar refractivity (Wildman–Crippen MR) is 112 cm³/mol. The van der Waals surface area contributed by atoms with Crippen molar-refractivity contribution in [1.29, 1.82) is 0 Å². The molecular weight excluding hydrogens is 384 g/mol. The van der Waals surface area contributed by atoms with Gasteiger partial charge in [0.2, 0.25) is 0 Å². The van der Waals surface area contributed by atoms with Gasteiger partial charge < -0.3 is 10.4 Å².